The molecule has 1 fully saturated rings. The summed E-state index contributed by atoms with van der Waals surface area (Å²) in [6.07, 6.45) is 2.29. The second-order valence-electron chi connectivity index (χ2n) is 5.40. The highest BCUT2D eigenvalue weighted by Crippen LogP contribution is 2.21. The van der Waals surface area contributed by atoms with Crippen LogP contribution in [0.2, 0.25) is 0 Å². The van der Waals surface area contributed by atoms with E-state index in [0.29, 0.717) is 19.0 Å². The second-order valence-corrected chi connectivity index (χ2v) is 6.18. The van der Waals surface area contributed by atoms with E-state index in [1.165, 1.54) is 17.7 Å². The van der Waals surface area contributed by atoms with Gasteiger partial charge in [0.05, 0.1) is 12.1 Å². The third-order valence-corrected chi connectivity index (χ3v) is 4.26. The van der Waals surface area contributed by atoms with E-state index in [1.807, 2.05) is 46.8 Å². The van der Waals surface area contributed by atoms with E-state index >= 15 is 0 Å². The monoisotopic (exact) mass is 318 g/mol. The summed E-state index contributed by atoms with van der Waals surface area (Å²) in [5, 5.41) is 3.80. The third-order valence-electron chi connectivity index (χ3n) is 3.57. The maximum atomic E-state index is 12.3. The molecule has 1 aliphatic heterocycles. The van der Waals surface area contributed by atoms with Crippen molar-refractivity contribution in [3.63, 3.8) is 0 Å². The average Bonchev–Trinajstić information content (AvgIpc) is 3.18. The van der Waals surface area contributed by atoms with Crippen molar-refractivity contribution >= 4 is 23.1 Å². The van der Waals surface area contributed by atoms with Gasteiger partial charge in [0.2, 0.25) is 5.88 Å². The molecule has 22 heavy (non-hydrogen) atoms. The summed E-state index contributed by atoms with van der Waals surface area (Å²) < 4.78 is 5.89. The Labute approximate surface area is 133 Å². The van der Waals surface area contributed by atoms with Crippen LogP contribution >= 0.6 is 11.3 Å². The Kier molecular flexibility index (Phi) is 4.24. The minimum atomic E-state index is -0.0208. The Morgan fingerprint density at radius 1 is 1.45 bits per heavy atom. The highest BCUT2D eigenvalue weighted by molar-refractivity contribution is 7.08. The standard InChI is InChI=1S/C15H18N4O2S/c1-18(2)13-7-14(17-10-16-13)21-12-3-5-19(8-12)15(20)11-4-6-22-9-11/h4,6-7,9-10,12H,3,5,8H2,1-2H3/t12-/m1/s1. The van der Waals surface area contributed by atoms with Crippen LogP contribution in [0, 0.1) is 0 Å². The van der Waals surface area contributed by atoms with Crippen molar-refractivity contribution in [2.24, 2.45) is 0 Å². The molecule has 3 heterocycles. The molecule has 1 atom stereocenters. The molecular weight excluding hydrogens is 300 g/mol. The van der Waals surface area contributed by atoms with Crippen LogP contribution in [0.1, 0.15) is 16.8 Å². The number of hydrogen-bond acceptors (Lipinski definition) is 6. The first kappa shape index (κ1) is 14.8. The number of amides is 1. The van der Waals surface area contributed by atoms with Gasteiger partial charge < -0.3 is 14.5 Å². The van der Waals surface area contributed by atoms with Crippen LogP contribution in [0.5, 0.6) is 5.88 Å². The van der Waals surface area contributed by atoms with Gasteiger partial charge in [0.1, 0.15) is 18.2 Å². The zero-order valence-corrected chi connectivity index (χ0v) is 13.4. The Morgan fingerprint density at radius 3 is 3.05 bits per heavy atom. The smallest absolute Gasteiger partial charge is 0.254 e. The first-order valence-corrected chi connectivity index (χ1v) is 8.05. The van der Waals surface area contributed by atoms with Gasteiger partial charge in [-0.1, -0.05) is 0 Å². The van der Waals surface area contributed by atoms with E-state index in [9.17, 15) is 4.79 Å². The second kappa shape index (κ2) is 6.31. The van der Waals surface area contributed by atoms with Crippen molar-refractivity contribution in [1.29, 1.82) is 0 Å². The minimum Gasteiger partial charge on any atom is -0.472 e. The predicted molar refractivity (Wildman–Crippen MR) is 85.6 cm³/mol. The fourth-order valence-corrected chi connectivity index (χ4v) is 3.02. The first-order valence-electron chi connectivity index (χ1n) is 7.11. The molecule has 1 amide bonds. The molecule has 0 aromatic carbocycles. The van der Waals surface area contributed by atoms with Crippen LogP contribution < -0.4 is 9.64 Å². The lowest BCUT2D eigenvalue weighted by Gasteiger charge is -2.17. The molecule has 0 bridgehead atoms. The normalized spacial score (nSPS) is 17.5. The van der Waals surface area contributed by atoms with E-state index in [2.05, 4.69) is 9.97 Å². The molecule has 2 aromatic rings. The Bertz CT molecular complexity index is 645. The topological polar surface area (TPSA) is 58.6 Å². The maximum absolute atomic E-state index is 12.3. The van der Waals surface area contributed by atoms with Gasteiger partial charge in [-0.2, -0.15) is 11.3 Å². The zero-order valence-electron chi connectivity index (χ0n) is 12.6. The van der Waals surface area contributed by atoms with Crippen LogP contribution in [-0.4, -0.2) is 54.1 Å². The van der Waals surface area contributed by atoms with Crippen molar-refractivity contribution in [1.82, 2.24) is 14.9 Å². The van der Waals surface area contributed by atoms with E-state index in [4.69, 9.17) is 4.74 Å². The highest BCUT2D eigenvalue weighted by atomic mass is 32.1. The van der Waals surface area contributed by atoms with Gasteiger partial charge in [0.25, 0.3) is 5.91 Å². The molecule has 6 nitrogen and oxygen atoms in total. The summed E-state index contributed by atoms with van der Waals surface area (Å²) in [7, 11) is 3.84. The van der Waals surface area contributed by atoms with Crippen LogP contribution in [0.3, 0.4) is 0 Å². The van der Waals surface area contributed by atoms with Crippen molar-refractivity contribution < 1.29 is 9.53 Å². The van der Waals surface area contributed by atoms with Crippen molar-refractivity contribution in [3.8, 4) is 5.88 Å². The van der Waals surface area contributed by atoms with E-state index in [-0.39, 0.29) is 12.0 Å². The lowest BCUT2D eigenvalue weighted by Crippen LogP contribution is -2.30. The molecule has 0 aliphatic carbocycles. The molecule has 1 aliphatic rings. The molecule has 7 heteroatoms. The average molecular weight is 318 g/mol. The van der Waals surface area contributed by atoms with Crippen LogP contribution in [-0.2, 0) is 0 Å². The number of anilines is 1. The van der Waals surface area contributed by atoms with Gasteiger partial charge in [-0.05, 0) is 11.4 Å². The molecule has 116 valence electrons. The number of rotatable bonds is 4. The number of carbonyl (C=O) groups is 1. The molecule has 0 unspecified atom stereocenters. The summed E-state index contributed by atoms with van der Waals surface area (Å²) in [6.45, 7) is 1.31. The number of hydrogen-bond donors (Lipinski definition) is 0. The number of ether oxygens (including phenoxy) is 1. The third kappa shape index (κ3) is 3.19. The maximum Gasteiger partial charge on any atom is 0.254 e. The van der Waals surface area contributed by atoms with E-state index in [1.54, 1.807) is 0 Å². The lowest BCUT2D eigenvalue weighted by atomic mass is 10.3. The molecule has 1 saturated heterocycles. The molecule has 0 N–H and O–H groups in total. The number of thiophene rings is 1. The van der Waals surface area contributed by atoms with Gasteiger partial charge in [-0.25, -0.2) is 9.97 Å². The Balaban J connectivity index is 1.61. The van der Waals surface area contributed by atoms with Crippen LogP contribution in [0.4, 0.5) is 5.82 Å². The number of likely N-dealkylation sites (tertiary alicyclic amines) is 1. The molecule has 0 spiro atoms. The SMILES string of the molecule is CN(C)c1cc(O[C@@H]2CCN(C(=O)c3ccsc3)C2)ncn1. The van der Waals surface area contributed by atoms with E-state index < -0.39 is 0 Å². The first-order chi connectivity index (χ1) is 10.6. The van der Waals surface area contributed by atoms with Gasteiger partial charge in [-0.15, -0.1) is 0 Å². The predicted octanol–water partition coefficient (Wildman–Crippen LogP) is 1.90. The summed E-state index contributed by atoms with van der Waals surface area (Å²) in [5.74, 6) is 1.42. The van der Waals surface area contributed by atoms with E-state index in [0.717, 1.165) is 17.8 Å². The number of carbonyl (C=O) groups excluding carboxylic acids is 1. The fourth-order valence-electron chi connectivity index (χ4n) is 2.39. The largest absolute Gasteiger partial charge is 0.472 e. The Morgan fingerprint density at radius 2 is 2.32 bits per heavy atom. The van der Waals surface area contributed by atoms with Crippen molar-refractivity contribution in [3.05, 3.63) is 34.8 Å². The summed E-state index contributed by atoms with van der Waals surface area (Å²) in [6, 6.07) is 3.67. The highest BCUT2D eigenvalue weighted by Gasteiger charge is 2.28. The summed E-state index contributed by atoms with van der Waals surface area (Å²) in [4.78, 5) is 24.3. The van der Waals surface area contributed by atoms with Gasteiger partial charge >= 0.3 is 0 Å². The number of nitrogens with zero attached hydrogens (tertiary/aromatic N) is 4. The molecule has 3 rings (SSSR count). The number of aromatic nitrogens is 2. The van der Waals surface area contributed by atoms with Crippen molar-refractivity contribution in [2.45, 2.75) is 12.5 Å². The summed E-state index contributed by atoms with van der Waals surface area (Å²) >= 11 is 1.53. The Hall–Kier alpha value is -2.15. The molecule has 0 radical (unpaired) electrons. The molecule has 0 saturated carbocycles. The van der Waals surface area contributed by atoms with Crippen LogP contribution in [0.15, 0.2) is 29.2 Å². The zero-order chi connectivity index (χ0) is 15.5. The van der Waals surface area contributed by atoms with Gasteiger partial charge in [0.15, 0.2) is 0 Å². The van der Waals surface area contributed by atoms with Crippen molar-refractivity contribution in [2.75, 3.05) is 32.1 Å². The van der Waals surface area contributed by atoms with Gasteiger partial charge in [0, 0.05) is 38.5 Å². The minimum absolute atomic E-state index is 0.0208. The quantitative estimate of drug-likeness (QED) is 0.862. The molecule has 2 aromatic heterocycles. The molecular formula is C15H18N4O2S. The van der Waals surface area contributed by atoms with Gasteiger partial charge in [-0.3, -0.25) is 4.79 Å². The lowest BCUT2D eigenvalue weighted by molar-refractivity contribution is 0.0771. The summed E-state index contributed by atoms with van der Waals surface area (Å²) in [5.41, 5.74) is 0.752. The van der Waals surface area contributed by atoms with Crippen LogP contribution in [0.25, 0.3) is 0 Å². The fraction of sp³-hybridized carbons (Fsp3) is 0.400.